The molecule has 122 valence electrons. The number of thiocarbonyl (C=S) groups is 1. The third-order valence-electron chi connectivity index (χ3n) is 3.05. The first-order valence-electron chi connectivity index (χ1n) is 6.94. The number of non-ortho nitro benzene ring substituents is 1. The Kier molecular flexibility index (Phi) is 6.05. The van der Waals surface area contributed by atoms with Gasteiger partial charge in [-0.1, -0.05) is 6.07 Å². The smallest absolute Gasteiger partial charge is 0.271 e. The molecule has 0 atom stereocenters. The predicted octanol–water partition coefficient (Wildman–Crippen LogP) is 3.24. The summed E-state index contributed by atoms with van der Waals surface area (Å²) in [4.78, 5) is 10.3. The molecule has 1 heterocycles. The molecule has 0 spiro atoms. The van der Waals surface area contributed by atoms with Crippen molar-refractivity contribution in [3.8, 4) is 0 Å². The number of aromatic nitrogens is 2. The maximum Gasteiger partial charge on any atom is 0.271 e. The van der Waals surface area contributed by atoms with Gasteiger partial charge in [-0.15, -0.1) is 0 Å². The Balaban J connectivity index is 1.75. The van der Waals surface area contributed by atoms with E-state index in [-0.39, 0.29) is 5.69 Å². The molecule has 23 heavy (non-hydrogen) atoms. The molecule has 0 radical (unpaired) electrons. The van der Waals surface area contributed by atoms with Gasteiger partial charge in [-0.25, -0.2) is 0 Å². The van der Waals surface area contributed by atoms with E-state index in [0.29, 0.717) is 17.3 Å². The molecule has 1 aromatic carbocycles. The Morgan fingerprint density at radius 3 is 2.96 bits per heavy atom. The molecule has 2 N–H and O–H groups in total. The number of nitro benzene ring substituents is 1. The minimum Gasteiger partial charge on any atom is -0.362 e. The van der Waals surface area contributed by atoms with E-state index in [9.17, 15) is 10.1 Å². The van der Waals surface area contributed by atoms with Gasteiger partial charge in [0.15, 0.2) is 5.11 Å². The first kappa shape index (κ1) is 17.4. The summed E-state index contributed by atoms with van der Waals surface area (Å²) in [6, 6.07) is 6.22. The van der Waals surface area contributed by atoms with Crippen LogP contribution in [0, 0.1) is 17.0 Å². The number of hydrogen-bond donors (Lipinski definition) is 2. The lowest BCUT2D eigenvalue weighted by atomic mass is 10.3. The Bertz CT molecular complexity index is 699. The fourth-order valence-corrected chi connectivity index (χ4v) is 2.46. The lowest BCUT2D eigenvalue weighted by Crippen LogP contribution is -2.29. The van der Waals surface area contributed by atoms with E-state index in [0.717, 1.165) is 23.1 Å². The highest BCUT2D eigenvalue weighted by Crippen LogP contribution is 2.16. The van der Waals surface area contributed by atoms with Crippen LogP contribution in [0.5, 0.6) is 0 Å². The van der Waals surface area contributed by atoms with Crippen molar-refractivity contribution in [2.45, 2.75) is 19.9 Å². The van der Waals surface area contributed by atoms with Crippen LogP contribution >= 0.6 is 28.1 Å². The third-order valence-corrected chi connectivity index (χ3v) is 4.08. The molecule has 2 aromatic rings. The van der Waals surface area contributed by atoms with Crippen molar-refractivity contribution < 1.29 is 4.92 Å². The molecular formula is C14H16BrN5O2S. The summed E-state index contributed by atoms with van der Waals surface area (Å²) in [5.41, 5.74) is 1.57. The lowest BCUT2D eigenvalue weighted by Gasteiger charge is -2.10. The van der Waals surface area contributed by atoms with Crippen LogP contribution in [-0.4, -0.2) is 26.4 Å². The highest BCUT2D eigenvalue weighted by Gasteiger charge is 2.06. The van der Waals surface area contributed by atoms with E-state index < -0.39 is 4.92 Å². The topological polar surface area (TPSA) is 85.0 Å². The molecule has 0 bridgehead atoms. The largest absolute Gasteiger partial charge is 0.362 e. The maximum atomic E-state index is 10.7. The maximum absolute atomic E-state index is 10.7. The number of rotatable bonds is 6. The van der Waals surface area contributed by atoms with Crippen LogP contribution in [-0.2, 0) is 6.54 Å². The lowest BCUT2D eigenvalue weighted by molar-refractivity contribution is -0.384. The van der Waals surface area contributed by atoms with Gasteiger partial charge in [-0.2, -0.15) is 5.10 Å². The van der Waals surface area contributed by atoms with Crippen molar-refractivity contribution in [3.05, 3.63) is 50.7 Å². The minimum atomic E-state index is -0.439. The Hall–Kier alpha value is -2.00. The number of halogens is 1. The SMILES string of the molecule is Cc1nn(CCCNC(=S)Nc2cccc([N+](=O)[O-])c2)cc1Br. The molecule has 1 aromatic heterocycles. The molecule has 0 saturated heterocycles. The second-order valence-corrected chi connectivity index (χ2v) is 6.13. The number of aryl methyl sites for hydroxylation is 2. The summed E-state index contributed by atoms with van der Waals surface area (Å²) in [6.07, 6.45) is 2.79. The number of nitro groups is 1. The van der Waals surface area contributed by atoms with Gasteiger partial charge in [-0.3, -0.25) is 14.8 Å². The van der Waals surface area contributed by atoms with Crippen molar-refractivity contribution in [1.82, 2.24) is 15.1 Å². The molecular weight excluding hydrogens is 382 g/mol. The molecule has 0 aliphatic rings. The predicted molar refractivity (Wildman–Crippen MR) is 96.6 cm³/mol. The Labute approximate surface area is 147 Å². The van der Waals surface area contributed by atoms with Gasteiger partial charge in [-0.05, 0) is 47.6 Å². The van der Waals surface area contributed by atoms with Gasteiger partial charge in [0.25, 0.3) is 5.69 Å². The first-order valence-corrected chi connectivity index (χ1v) is 8.14. The van der Waals surface area contributed by atoms with Crippen LogP contribution in [0.2, 0.25) is 0 Å². The monoisotopic (exact) mass is 397 g/mol. The third kappa shape index (κ3) is 5.29. The fraction of sp³-hybridized carbons (Fsp3) is 0.286. The zero-order chi connectivity index (χ0) is 16.8. The summed E-state index contributed by atoms with van der Waals surface area (Å²) >= 11 is 8.60. The molecule has 0 amide bonds. The highest BCUT2D eigenvalue weighted by atomic mass is 79.9. The molecule has 9 heteroatoms. The minimum absolute atomic E-state index is 0.0254. The summed E-state index contributed by atoms with van der Waals surface area (Å²) in [5, 5.41) is 21.5. The van der Waals surface area contributed by atoms with E-state index in [1.165, 1.54) is 12.1 Å². The van der Waals surface area contributed by atoms with Crippen LogP contribution in [0.15, 0.2) is 34.9 Å². The van der Waals surface area contributed by atoms with Crippen LogP contribution in [0.3, 0.4) is 0 Å². The van der Waals surface area contributed by atoms with Crippen molar-refractivity contribution >= 4 is 44.6 Å². The van der Waals surface area contributed by atoms with Gasteiger partial charge in [0.1, 0.15) is 0 Å². The van der Waals surface area contributed by atoms with E-state index >= 15 is 0 Å². The van der Waals surface area contributed by atoms with Crippen LogP contribution in [0.1, 0.15) is 12.1 Å². The quantitative estimate of drug-likeness (QED) is 0.336. The van der Waals surface area contributed by atoms with Gasteiger partial charge >= 0.3 is 0 Å². The fourth-order valence-electron chi connectivity index (χ4n) is 1.92. The second-order valence-electron chi connectivity index (χ2n) is 4.87. The Morgan fingerprint density at radius 2 is 2.30 bits per heavy atom. The zero-order valence-electron chi connectivity index (χ0n) is 12.5. The second kappa shape index (κ2) is 8.02. The van der Waals surface area contributed by atoms with Crippen molar-refractivity contribution in [3.63, 3.8) is 0 Å². The molecule has 0 unspecified atom stereocenters. The van der Waals surface area contributed by atoms with E-state index in [4.69, 9.17) is 12.2 Å². The van der Waals surface area contributed by atoms with E-state index in [2.05, 4.69) is 31.7 Å². The molecule has 0 aliphatic carbocycles. The number of hydrogen-bond acceptors (Lipinski definition) is 4. The average Bonchev–Trinajstić information content (AvgIpc) is 2.82. The van der Waals surface area contributed by atoms with Gasteiger partial charge in [0, 0.05) is 37.1 Å². The van der Waals surface area contributed by atoms with Crippen LogP contribution in [0.25, 0.3) is 0 Å². The highest BCUT2D eigenvalue weighted by molar-refractivity contribution is 9.10. The zero-order valence-corrected chi connectivity index (χ0v) is 14.9. The normalized spacial score (nSPS) is 10.3. The number of anilines is 1. The number of benzene rings is 1. The van der Waals surface area contributed by atoms with Crippen LogP contribution < -0.4 is 10.6 Å². The number of nitrogens with zero attached hydrogens (tertiary/aromatic N) is 3. The van der Waals surface area contributed by atoms with Crippen molar-refractivity contribution in [1.29, 1.82) is 0 Å². The van der Waals surface area contributed by atoms with Gasteiger partial charge in [0.05, 0.1) is 15.1 Å². The van der Waals surface area contributed by atoms with Gasteiger partial charge in [0.2, 0.25) is 0 Å². The summed E-state index contributed by atoms with van der Waals surface area (Å²) in [5.74, 6) is 0. The Morgan fingerprint density at radius 1 is 1.52 bits per heavy atom. The summed E-state index contributed by atoms with van der Waals surface area (Å²) < 4.78 is 2.87. The van der Waals surface area contributed by atoms with Crippen molar-refractivity contribution in [2.24, 2.45) is 0 Å². The molecule has 0 aliphatic heterocycles. The number of nitrogens with one attached hydrogen (secondary N) is 2. The average molecular weight is 398 g/mol. The first-order chi connectivity index (χ1) is 11.0. The molecule has 7 nitrogen and oxygen atoms in total. The standard InChI is InChI=1S/C14H16BrN5O2S/c1-10-13(15)9-19(18-10)7-3-6-16-14(23)17-11-4-2-5-12(8-11)20(21)22/h2,4-5,8-9H,3,6-7H2,1H3,(H2,16,17,23). The van der Waals surface area contributed by atoms with Crippen molar-refractivity contribution in [2.75, 3.05) is 11.9 Å². The summed E-state index contributed by atoms with van der Waals surface area (Å²) in [6.45, 7) is 3.40. The van der Waals surface area contributed by atoms with Gasteiger partial charge < -0.3 is 10.6 Å². The van der Waals surface area contributed by atoms with E-state index in [1.54, 1.807) is 12.1 Å². The molecule has 2 rings (SSSR count). The van der Waals surface area contributed by atoms with E-state index in [1.807, 2.05) is 17.8 Å². The van der Waals surface area contributed by atoms with Crippen LogP contribution in [0.4, 0.5) is 11.4 Å². The summed E-state index contributed by atoms with van der Waals surface area (Å²) in [7, 11) is 0. The molecule has 0 fully saturated rings. The molecule has 0 saturated carbocycles.